The normalized spacial score (nSPS) is 17.0. The molecule has 1 N–H and O–H groups in total. The molecule has 0 aliphatic carbocycles. The van der Waals surface area contributed by atoms with E-state index >= 15 is 0 Å². The fraction of sp³-hybridized carbons (Fsp3) is 0.400. The molecule has 0 spiro atoms. The molecule has 0 bridgehead atoms. The summed E-state index contributed by atoms with van der Waals surface area (Å²) in [6.07, 6.45) is 0. The lowest BCUT2D eigenvalue weighted by molar-refractivity contribution is 0.0690. The van der Waals surface area contributed by atoms with Crippen molar-refractivity contribution in [3.05, 3.63) is 22.5 Å². The van der Waals surface area contributed by atoms with Crippen LogP contribution >= 0.6 is 11.6 Å². The molecule has 0 saturated carbocycles. The minimum Gasteiger partial charge on any atom is -0.489 e. The molecule has 0 fully saturated rings. The SMILES string of the molecule is CC1(C)COc2c1cc(C(=O)O)nc2Cl. The maximum atomic E-state index is 10.8. The zero-order valence-electron chi connectivity index (χ0n) is 8.37. The van der Waals surface area contributed by atoms with E-state index < -0.39 is 5.97 Å². The van der Waals surface area contributed by atoms with Crippen LogP contribution < -0.4 is 4.74 Å². The lowest BCUT2D eigenvalue weighted by Gasteiger charge is -2.15. The lowest BCUT2D eigenvalue weighted by atomic mass is 9.87. The number of carboxylic acids is 1. The molecule has 1 aliphatic rings. The van der Waals surface area contributed by atoms with Gasteiger partial charge in [-0.1, -0.05) is 25.4 Å². The summed E-state index contributed by atoms with van der Waals surface area (Å²) in [5.41, 5.74) is 0.545. The van der Waals surface area contributed by atoms with Gasteiger partial charge in [0, 0.05) is 11.0 Å². The van der Waals surface area contributed by atoms with Gasteiger partial charge in [0.25, 0.3) is 0 Å². The first-order valence-corrected chi connectivity index (χ1v) is 4.87. The van der Waals surface area contributed by atoms with Crippen LogP contribution in [0.3, 0.4) is 0 Å². The van der Waals surface area contributed by atoms with E-state index in [4.69, 9.17) is 21.4 Å². The van der Waals surface area contributed by atoms with Gasteiger partial charge >= 0.3 is 5.97 Å². The zero-order chi connectivity index (χ0) is 11.2. The minimum absolute atomic E-state index is 0.0441. The summed E-state index contributed by atoms with van der Waals surface area (Å²) in [4.78, 5) is 14.6. The van der Waals surface area contributed by atoms with Crippen molar-refractivity contribution >= 4 is 17.6 Å². The quantitative estimate of drug-likeness (QED) is 0.747. The van der Waals surface area contributed by atoms with Gasteiger partial charge in [0.1, 0.15) is 0 Å². The van der Waals surface area contributed by atoms with Gasteiger partial charge in [-0.3, -0.25) is 0 Å². The van der Waals surface area contributed by atoms with E-state index in [1.54, 1.807) is 0 Å². The summed E-state index contributed by atoms with van der Waals surface area (Å²) in [6.45, 7) is 4.44. The lowest BCUT2D eigenvalue weighted by Crippen LogP contribution is -2.18. The molecule has 1 aliphatic heterocycles. The second kappa shape index (κ2) is 3.10. The zero-order valence-corrected chi connectivity index (χ0v) is 9.13. The van der Waals surface area contributed by atoms with Crippen LogP contribution in [0.1, 0.15) is 29.9 Å². The molecule has 2 heterocycles. The Morgan fingerprint density at radius 3 is 2.93 bits per heavy atom. The van der Waals surface area contributed by atoms with Gasteiger partial charge in [-0.15, -0.1) is 0 Å². The van der Waals surface area contributed by atoms with Crippen LogP contribution in [0.25, 0.3) is 0 Å². The molecular formula is C10H10ClNO3. The number of aromatic carboxylic acids is 1. The Morgan fingerprint density at radius 1 is 1.67 bits per heavy atom. The highest BCUT2D eigenvalue weighted by Gasteiger charge is 2.35. The average molecular weight is 228 g/mol. The number of carbonyl (C=O) groups is 1. The first-order chi connectivity index (χ1) is 6.92. The first-order valence-electron chi connectivity index (χ1n) is 4.49. The Balaban J connectivity index is 2.63. The second-order valence-electron chi connectivity index (χ2n) is 4.15. The van der Waals surface area contributed by atoms with Gasteiger partial charge in [0.15, 0.2) is 16.6 Å². The number of rotatable bonds is 1. The summed E-state index contributed by atoms with van der Waals surface area (Å²) in [5.74, 6) is -0.575. The number of nitrogens with zero attached hydrogens (tertiary/aromatic N) is 1. The fourth-order valence-corrected chi connectivity index (χ4v) is 1.83. The molecule has 15 heavy (non-hydrogen) atoms. The number of hydrogen-bond donors (Lipinski definition) is 1. The summed E-state index contributed by atoms with van der Waals surface area (Å²) < 4.78 is 5.39. The Morgan fingerprint density at radius 2 is 2.33 bits per heavy atom. The number of hydrogen-bond acceptors (Lipinski definition) is 3. The Kier molecular flexibility index (Phi) is 2.12. The topological polar surface area (TPSA) is 59.4 Å². The van der Waals surface area contributed by atoms with Crippen LogP contribution in [-0.4, -0.2) is 22.7 Å². The summed E-state index contributed by atoms with van der Waals surface area (Å²) in [7, 11) is 0. The van der Waals surface area contributed by atoms with Crippen molar-refractivity contribution < 1.29 is 14.6 Å². The molecular weight excluding hydrogens is 218 g/mol. The van der Waals surface area contributed by atoms with Crippen LogP contribution in [0.2, 0.25) is 5.15 Å². The maximum Gasteiger partial charge on any atom is 0.354 e. The Labute approximate surface area is 91.8 Å². The van der Waals surface area contributed by atoms with Crippen LogP contribution in [0.15, 0.2) is 6.07 Å². The number of pyridine rings is 1. The monoisotopic (exact) mass is 227 g/mol. The number of aromatic nitrogens is 1. The standard InChI is InChI=1S/C10H10ClNO3/c1-10(2)4-15-7-5(10)3-6(9(13)14)12-8(7)11/h3H,4H2,1-2H3,(H,13,14). The van der Waals surface area contributed by atoms with E-state index in [1.807, 2.05) is 13.8 Å². The van der Waals surface area contributed by atoms with Crippen LogP contribution in [0.4, 0.5) is 0 Å². The minimum atomic E-state index is -1.08. The first kappa shape index (κ1) is 10.2. The van der Waals surface area contributed by atoms with Crippen LogP contribution in [-0.2, 0) is 5.41 Å². The number of carboxylic acid groups (broad SMARTS) is 1. The Bertz CT molecular complexity index is 443. The van der Waals surface area contributed by atoms with Gasteiger partial charge in [-0.05, 0) is 6.07 Å². The van der Waals surface area contributed by atoms with Gasteiger partial charge in [-0.2, -0.15) is 0 Å². The van der Waals surface area contributed by atoms with E-state index in [-0.39, 0.29) is 16.3 Å². The van der Waals surface area contributed by atoms with E-state index in [0.717, 1.165) is 5.56 Å². The molecule has 0 unspecified atom stereocenters. The smallest absolute Gasteiger partial charge is 0.354 e. The molecule has 0 atom stereocenters. The number of fused-ring (bicyclic) bond motifs is 1. The summed E-state index contributed by atoms with van der Waals surface area (Å²) >= 11 is 5.85. The van der Waals surface area contributed by atoms with Gasteiger partial charge < -0.3 is 9.84 Å². The third kappa shape index (κ3) is 1.55. The molecule has 5 heteroatoms. The summed E-state index contributed by atoms with van der Waals surface area (Å²) in [6, 6.07) is 1.52. The molecule has 0 radical (unpaired) electrons. The highest BCUT2D eigenvalue weighted by molar-refractivity contribution is 6.31. The Hall–Kier alpha value is -1.29. The predicted octanol–water partition coefficient (Wildman–Crippen LogP) is 2.10. The summed E-state index contributed by atoms with van der Waals surface area (Å²) in [5, 5.41) is 8.97. The maximum absolute atomic E-state index is 10.8. The van der Waals surface area contributed by atoms with Crippen molar-refractivity contribution in [3.8, 4) is 5.75 Å². The molecule has 80 valence electrons. The van der Waals surface area contributed by atoms with Crippen LogP contribution in [0.5, 0.6) is 5.75 Å². The van der Waals surface area contributed by atoms with E-state index in [1.165, 1.54) is 6.07 Å². The third-order valence-electron chi connectivity index (χ3n) is 2.46. The molecule has 0 aromatic carbocycles. The molecule has 4 nitrogen and oxygen atoms in total. The molecule has 1 aromatic heterocycles. The highest BCUT2D eigenvalue weighted by atomic mass is 35.5. The molecule has 2 rings (SSSR count). The highest BCUT2D eigenvalue weighted by Crippen LogP contribution is 2.42. The molecule has 1 aromatic rings. The predicted molar refractivity (Wildman–Crippen MR) is 54.7 cm³/mol. The van der Waals surface area contributed by atoms with E-state index in [9.17, 15) is 4.79 Å². The average Bonchev–Trinajstić information content (AvgIpc) is 2.43. The van der Waals surface area contributed by atoms with Crippen molar-refractivity contribution in [2.45, 2.75) is 19.3 Å². The number of halogens is 1. The van der Waals surface area contributed by atoms with Crippen molar-refractivity contribution in [3.63, 3.8) is 0 Å². The van der Waals surface area contributed by atoms with E-state index in [2.05, 4.69) is 4.98 Å². The fourth-order valence-electron chi connectivity index (χ4n) is 1.58. The third-order valence-corrected chi connectivity index (χ3v) is 2.71. The van der Waals surface area contributed by atoms with Crippen molar-refractivity contribution in [1.29, 1.82) is 0 Å². The number of ether oxygens (including phenoxy) is 1. The van der Waals surface area contributed by atoms with Crippen molar-refractivity contribution in [1.82, 2.24) is 4.98 Å². The van der Waals surface area contributed by atoms with Gasteiger partial charge in [0.2, 0.25) is 0 Å². The van der Waals surface area contributed by atoms with E-state index in [0.29, 0.717) is 12.4 Å². The largest absolute Gasteiger partial charge is 0.489 e. The molecule has 0 saturated heterocycles. The van der Waals surface area contributed by atoms with Crippen LogP contribution in [0, 0.1) is 0 Å². The van der Waals surface area contributed by atoms with Crippen molar-refractivity contribution in [2.24, 2.45) is 0 Å². The van der Waals surface area contributed by atoms with Gasteiger partial charge in [-0.25, -0.2) is 9.78 Å². The van der Waals surface area contributed by atoms with Gasteiger partial charge in [0.05, 0.1) is 6.61 Å². The van der Waals surface area contributed by atoms with Crippen molar-refractivity contribution in [2.75, 3.05) is 6.61 Å². The molecule has 0 amide bonds. The second-order valence-corrected chi connectivity index (χ2v) is 4.51.